The molecule has 5 nitrogen and oxygen atoms in total. The van der Waals surface area contributed by atoms with E-state index in [2.05, 4.69) is 4.90 Å². The maximum Gasteiger partial charge on any atom is 0.410 e. The number of aliphatic hydroxyl groups excluding tert-OH is 1. The highest BCUT2D eigenvalue weighted by molar-refractivity contribution is 5.68. The van der Waals surface area contributed by atoms with Crippen LogP contribution in [0.2, 0.25) is 0 Å². The summed E-state index contributed by atoms with van der Waals surface area (Å²) in [5.74, 6) is 0. The molecule has 1 fully saturated rings. The number of unbranched alkanes of at least 4 members (excludes halogenated alkanes) is 1. The van der Waals surface area contributed by atoms with E-state index in [0.29, 0.717) is 0 Å². The Hall–Kier alpha value is -0.810. The van der Waals surface area contributed by atoms with Gasteiger partial charge in [0.05, 0.1) is 6.10 Å². The number of ether oxygens (including phenoxy) is 1. The first-order valence-corrected chi connectivity index (χ1v) is 7.66. The molecule has 0 aliphatic carbocycles. The second-order valence-electron chi connectivity index (χ2n) is 6.65. The first kappa shape index (κ1) is 17.2. The molecule has 118 valence electrons. The van der Waals surface area contributed by atoms with E-state index in [9.17, 15) is 9.90 Å². The van der Waals surface area contributed by atoms with Crippen molar-refractivity contribution in [2.75, 3.05) is 32.7 Å². The smallest absolute Gasteiger partial charge is 0.410 e. The summed E-state index contributed by atoms with van der Waals surface area (Å²) >= 11 is 0. The highest BCUT2D eigenvalue weighted by Gasteiger charge is 2.25. The molecule has 1 atom stereocenters. The normalized spacial score (nSPS) is 18.9. The van der Waals surface area contributed by atoms with Gasteiger partial charge < -0.3 is 14.7 Å². The number of piperazine rings is 1. The molecule has 5 heteroatoms. The number of carbonyl (C=O) groups is 1. The van der Waals surface area contributed by atoms with Crippen LogP contribution in [-0.4, -0.2) is 65.4 Å². The fourth-order valence-corrected chi connectivity index (χ4v) is 2.26. The molecule has 0 bridgehead atoms. The summed E-state index contributed by atoms with van der Waals surface area (Å²) in [5, 5.41) is 9.21. The number of carbonyl (C=O) groups excluding carboxylic acids is 1. The van der Waals surface area contributed by atoms with Gasteiger partial charge in [-0.15, -0.1) is 0 Å². The quantitative estimate of drug-likeness (QED) is 0.786. The Morgan fingerprint density at radius 2 is 1.80 bits per heavy atom. The highest BCUT2D eigenvalue weighted by Crippen LogP contribution is 2.12. The van der Waals surface area contributed by atoms with E-state index >= 15 is 0 Å². The summed E-state index contributed by atoms with van der Waals surface area (Å²) in [6, 6.07) is 0. The lowest BCUT2D eigenvalue weighted by Crippen LogP contribution is -2.50. The molecular weight excluding hydrogens is 256 g/mol. The molecule has 1 aliphatic rings. The monoisotopic (exact) mass is 286 g/mol. The number of rotatable bonds is 5. The maximum atomic E-state index is 11.9. The third kappa shape index (κ3) is 7.10. The minimum Gasteiger partial charge on any atom is -0.444 e. The van der Waals surface area contributed by atoms with Crippen molar-refractivity contribution in [1.29, 1.82) is 0 Å². The number of hydrogen-bond donors (Lipinski definition) is 1. The van der Waals surface area contributed by atoms with Crippen LogP contribution >= 0.6 is 0 Å². The summed E-state index contributed by atoms with van der Waals surface area (Å²) in [5.41, 5.74) is -0.421. The molecule has 1 heterocycles. The van der Waals surface area contributed by atoms with Gasteiger partial charge in [0.1, 0.15) is 5.60 Å². The average Bonchev–Trinajstić information content (AvgIpc) is 2.33. The molecular formula is C15H30N2O3. The van der Waals surface area contributed by atoms with Gasteiger partial charge >= 0.3 is 6.09 Å². The summed E-state index contributed by atoms with van der Waals surface area (Å²) in [6.07, 6.45) is 2.64. The Labute approximate surface area is 122 Å². The molecule has 0 unspecified atom stereocenters. The maximum absolute atomic E-state index is 11.9. The zero-order valence-electron chi connectivity index (χ0n) is 13.4. The van der Waals surface area contributed by atoms with Crippen molar-refractivity contribution in [2.24, 2.45) is 0 Å². The topological polar surface area (TPSA) is 53.0 Å². The predicted molar refractivity (Wildman–Crippen MR) is 79.8 cm³/mol. The van der Waals surface area contributed by atoms with Crippen molar-refractivity contribution in [3.8, 4) is 0 Å². The van der Waals surface area contributed by atoms with Crippen molar-refractivity contribution in [3.05, 3.63) is 0 Å². The van der Waals surface area contributed by atoms with Crippen LogP contribution in [0.4, 0.5) is 4.79 Å². The lowest BCUT2D eigenvalue weighted by Gasteiger charge is -2.35. The summed E-state index contributed by atoms with van der Waals surface area (Å²) in [7, 11) is 0. The molecule has 0 spiro atoms. The lowest BCUT2D eigenvalue weighted by molar-refractivity contribution is 0.0143. The highest BCUT2D eigenvalue weighted by atomic mass is 16.6. The van der Waals surface area contributed by atoms with Gasteiger partial charge in [-0.2, -0.15) is 0 Å². The van der Waals surface area contributed by atoms with E-state index in [0.717, 1.165) is 52.0 Å². The molecule has 0 saturated carbocycles. The average molecular weight is 286 g/mol. The third-order valence-electron chi connectivity index (χ3n) is 3.37. The predicted octanol–water partition coefficient (Wildman–Crippen LogP) is 2.09. The van der Waals surface area contributed by atoms with Gasteiger partial charge in [-0.3, -0.25) is 4.90 Å². The molecule has 1 amide bonds. The Morgan fingerprint density at radius 3 is 2.30 bits per heavy atom. The zero-order valence-corrected chi connectivity index (χ0v) is 13.4. The number of aliphatic hydroxyl groups is 1. The molecule has 20 heavy (non-hydrogen) atoms. The zero-order chi connectivity index (χ0) is 15.2. The second-order valence-corrected chi connectivity index (χ2v) is 6.65. The molecule has 0 aromatic carbocycles. The van der Waals surface area contributed by atoms with Crippen LogP contribution in [0, 0.1) is 0 Å². The van der Waals surface area contributed by atoms with Gasteiger partial charge in [-0.25, -0.2) is 4.79 Å². The van der Waals surface area contributed by atoms with Gasteiger partial charge in [0.25, 0.3) is 0 Å². The van der Waals surface area contributed by atoms with E-state index in [1.54, 1.807) is 4.90 Å². The minimum atomic E-state index is -0.421. The minimum absolute atomic E-state index is 0.195. The molecule has 1 aliphatic heterocycles. The van der Waals surface area contributed by atoms with Crippen LogP contribution in [0.3, 0.4) is 0 Å². The number of nitrogens with zero attached hydrogens (tertiary/aromatic N) is 2. The lowest BCUT2D eigenvalue weighted by atomic mass is 10.1. The summed E-state index contributed by atoms with van der Waals surface area (Å²) in [6.45, 7) is 11.9. The van der Waals surface area contributed by atoms with Crippen molar-refractivity contribution in [2.45, 2.75) is 58.7 Å². The molecule has 1 rings (SSSR count). The van der Waals surface area contributed by atoms with Crippen LogP contribution in [0.15, 0.2) is 0 Å². The number of amides is 1. The first-order chi connectivity index (χ1) is 9.28. The van der Waals surface area contributed by atoms with Crippen molar-refractivity contribution >= 4 is 6.09 Å². The standard InChI is InChI=1S/C15H30N2O3/c1-13(18)7-5-6-8-16-9-11-17(12-10-16)14(19)20-15(2,3)4/h13,18H,5-12H2,1-4H3/t13-/m1/s1. The molecule has 0 aromatic rings. The Bertz CT molecular complexity index is 292. The van der Waals surface area contributed by atoms with Gasteiger partial charge in [0, 0.05) is 26.2 Å². The fourth-order valence-electron chi connectivity index (χ4n) is 2.26. The van der Waals surface area contributed by atoms with E-state index in [4.69, 9.17) is 4.74 Å². The van der Waals surface area contributed by atoms with Gasteiger partial charge in [-0.05, 0) is 53.5 Å². The van der Waals surface area contributed by atoms with Crippen LogP contribution in [0.5, 0.6) is 0 Å². The van der Waals surface area contributed by atoms with Gasteiger partial charge in [0.15, 0.2) is 0 Å². The summed E-state index contributed by atoms with van der Waals surface area (Å²) in [4.78, 5) is 16.1. The van der Waals surface area contributed by atoms with E-state index in [1.165, 1.54) is 0 Å². The van der Waals surface area contributed by atoms with Gasteiger partial charge in [-0.1, -0.05) is 0 Å². The molecule has 1 N–H and O–H groups in total. The number of hydrogen-bond acceptors (Lipinski definition) is 4. The van der Waals surface area contributed by atoms with Crippen LogP contribution in [0.1, 0.15) is 47.0 Å². The molecule has 1 saturated heterocycles. The largest absolute Gasteiger partial charge is 0.444 e. The second kappa shape index (κ2) is 7.84. The van der Waals surface area contributed by atoms with Crippen LogP contribution < -0.4 is 0 Å². The Kier molecular flexibility index (Phi) is 6.76. The Morgan fingerprint density at radius 1 is 1.20 bits per heavy atom. The Balaban J connectivity index is 2.18. The van der Waals surface area contributed by atoms with Crippen molar-refractivity contribution < 1.29 is 14.6 Å². The SMILES string of the molecule is C[C@@H](O)CCCCN1CCN(C(=O)OC(C)(C)C)CC1. The van der Waals surface area contributed by atoms with Crippen LogP contribution in [0.25, 0.3) is 0 Å². The van der Waals surface area contributed by atoms with Gasteiger partial charge in [0.2, 0.25) is 0 Å². The summed E-state index contributed by atoms with van der Waals surface area (Å²) < 4.78 is 5.38. The van der Waals surface area contributed by atoms with E-state index in [-0.39, 0.29) is 12.2 Å². The molecule has 0 radical (unpaired) electrons. The van der Waals surface area contributed by atoms with Crippen molar-refractivity contribution in [3.63, 3.8) is 0 Å². The van der Waals surface area contributed by atoms with E-state index in [1.807, 2.05) is 27.7 Å². The molecule has 0 aromatic heterocycles. The van der Waals surface area contributed by atoms with Crippen LogP contribution in [-0.2, 0) is 4.74 Å². The fraction of sp³-hybridized carbons (Fsp3) is 0.933. The first-order valence-electron chi connectivity index (χ1n) is 7.66. The third-order valence-corrected chi connectivity index (χ3v) is 3.37. The van der Waals surface area contributed by atoms with E-state index < -0.39 is 5.60 Å². The van der Waals surface area contributed by atoms with Crippen molar-refractivity contribution in [1.82, 2.24) is 9.80 Å².